The average Bonchev–Trinajstić information content (AvgIpc) is 2.92. The number of hydrogen-bond donors (Lipinski definition) is 2. The van der Waals surface area contributed by atoms with E-state index >= 15 is 0 Å². The molecule has 0 saturated carbocycles. The second kappa shape index (κ2) is 5.69. The first kappa shape index (κ1) is 15.2. The maximum Gasteiger partial charge on any atom is 0.352 e. The van der Waals surface area contributed by atoms with Crippen LogP contribution in [-0.4, -0.2) is 38.9 Å². The number of nitrogens with zero attached hydrogens (tertiary/aromatic N) is 2. The minimum atomic E-state index is -1.06. The van der Waals surface area contributed by atoms with Crippen LogP contribution in [0, 0.1) is 20.8 Å². The fourth-order valence-corrected chi connectivity index (χ4v) is 2.87. The number of carboxylic acids is 1. The Hall–Kier alpha value is -2.15. The van der Waals surface area contributed by atoms with Gasteiger partial charge in [0.2, 0.25) is 0 Å². The zero-order valence-corrected chi connectivity index (χ0v) is 13.2. The quantitative estimate of drug-likeness (QED) is 0.908. The van der Waals surface area contributed by atoms with Crippen LogP contribution in [0.1, 0.15) is 42.8 Å². The van der Waals surface area contributed by atoms with E-state index in [1.807, 2.05) is 12.3 Å². The first-order valence-corrected chi connectivity index (χ1v) is 7.28. The van der Waals surface area contributed by atoms with Gasteiger partial charge in [0.05, 0.1) is 22.8 Å². The summed E-state index contributed by atoms with van der Waals surface area (Å²) in [5.74, 6) is -1.27. The minimum absolute atomic E-state index is 0.0637. The molecule has 6 nitrogen and oxygen atoms in total. The molecule has 2 aromatic heterocycles. The van der Waals surface area contributed by atoms with Crippen LogP contribution in [0.4, 0.5) is 0 Å². The van der Waals surface area contributed by atoms with Gasteiger partial charge in [0.1, 0.15) is 5.69 Å². The van der Waals surface area contributed by atoms with Gasteiger partial charge in [0.25, 0.3) is 5.91 Å². The highest BCUT2D eigenvalue weighted by atomic mass is 32.1. The fraction of sp³-hybridized carbons (Fsp3) is 0.357. The van der Waals surface area contributed by atoms with Gasteiger partial charge in [-0.25, -0.2) is 9.78 Å². The smallest absolute Gasteiger partial charge is 0.352 e. The maximum absolute atomic E-state index is 12.5. The number of carboxylic acid groups (broad SMARTS) is 1. The largest absolute Gasteiger partial charge is 0.477 e. The average molecular weight is 307 g/mol. The number of aromatic amines is 1. The van der Waals surface area contributed by atoms with Crippen LogP contribution in [0.5, 0.6) is 0 Å². The summed E-state index contributed by atoms with van der Waals surface area (Å²) in [5, 5.41) is 12.0. The van der Waals surface area contributed by atoms with Crippen LogP contribution < -0.4 is 0 Å². The second-order valence-corrected chi connectivity index (χ2v) is 6.01. The Morgan fingerprint density at radius 3 is 2.52 bits per heavy atom. The third kappa shape index (κ3) is 2.97. The Balaban J connectivity index is 2.25. The van der Waals surface area contributed by atoms with E-state index < -0.39 is 5.97 Å². The summed E-state index contributed by atoms with van der Waals surface area (Å²) in [7, 11) is 1.68. The number of H-pyrrole nitrogens is 1. The van der Waals surface area contributed by atoms with Gasteiger partial charge in [0, 0.05) is 18.1 Å². The molecule has 2 rings (SSSR count). The number of carbonyl (C=O) groups excluding carboxylic acids is 1. The van der Waals surface area contributed by atoms with Crippen molar-refractivity contribution in [2.45, 2.75) is 27.3 Å². The normalized spacial score (nSPS) is 10.7. The van der Waals surface area contributed by atoms with E-state index in [0.717, 1.165) is 10.7 Å². The molecule has 2 heterocycles. The molecule has 21 heavy (non-hydrogen) atoms. The van der Waals surface area contributed by atoms with Crippen molar-refractivity contribution in [3.05, 3.63) is 38.6 Å². The Morgan fingerprint density at radius 1 is 1.38 bits per heavy atom. The molecule has 112 valence electrons. The molecule has 0 unspecified atom stereocenters. The van der Waals surface area contributed by atoms with Gasteiger partial charge in [-0.15, -0.1) is 11.3 Å². The highest BCUT2D eigenvalue weighted by Gasteiger charge is 2.24. The van der Waals surface area contributed by atoms with Crippen molar-refractivity contribution < 1.29 is 14.7 Å². The number of amides is 1. The van der Waals surface area contributed by atoms with Gasteiger partial charge in [-0.1, -0.05) is 0 Å². The number of nitrogens with one attached hydrogen (secondary N) is 1. The highest BCUT2D eigenvalue weighted by molar-refractivity contribution is 7.09. The maximum atomic E-state index is 12.5. The van der Waals surface area contributed by atoms with E-state index in [4.69, 9.17) is 5.11 Å². The summed E-state index contributed by atoms with van der Waals surface area (Å²) in [6, 6.07) is 0. The second-order valence-electron chi connectivity index (χ2n) is 4.95. The first-order chi connectivity index (χ1) is 9.81. The minimum Gasteiger partial charge on any atom is -0.477 e. The van der Waals surface area contributed by atoms with Crippen LogP contribution in [0.15, 0.2) is 5.38 Å². The summed E-state index contributed by atoms with van der Waals surface area (Å²) >= 11 is 1.54. The molecule has 0 aromatic carbocycles. The third-order valence-corrected chi connectivity index (χ3v) is 4.10. The summed E-state index contributed by atoms with van der Waals surface area (Å²) < 4.78 is 0. The number of aromatic nitrogens is 2. The lowest BCUT2D eigenvalue weighted by Crippen LogP contribution is -2.27. The van der Waals surface area contributed by atoms with Gasteiger partial charge < -0.3 is 15.0 Å². The van der Waals surface area contributed by atoms with Gasteiger partial charge in [-0.2, -0.15) is 0 Å². The Kier molecular flexibility index (Phi) is 4.13. The molecule has 0 aliphatic heterocycles. The van der Waals surface area contributed by atoms with E-state index in [1.165, 1.54) is 11.3 Å². The highest BCUT2D eigenvalue weighted by Crippen LogP contribution is 2.20. The van der Waals surface area contributed by atoms with Gasteiger partial charge in [-0.3, -0.25) is 4.79 Å². The summed E-state index contributed by atoms with van der Waals surface area (Å²) in [5.41, 5.74) is 2.34. The summed E-state index contributed by atoms with van der Waals surface area (Å²) in [6.07, 6.45) is 0. The number of thiazole rings is 1. The predicted molar refractivity (Wildman–Crippen MR) is 79.9 cm³/mol. The molecular formula is C14H17N3O3S. The van der Waals surface area contributed by atoms with E-state index in [2.05, 4.69) is 9.97 Å². The molecular weight excluding hydrogens is 290 g/mol. The van der Waals surface area contributed by atoms with E-state index in [-0.39, 0.29) is 11.6 Å². The lowest BCUT2D eigenvalue weighted by Gasteiger charge is -2.16. The van der Waals surface area contributed by atoms with Crippen LogP contribution in [-0.2, 0) is 6.54 Å². The van der Waals surface area contributed by atoms with Crippen LogP contribution in [0.25, 0.3) is 0 Å². The predicted octanol–water partition coefficient (Wildman–Crippen LogP) is 2.37. The number of aromatic carboxylic acids is 1. The van der Waals surface area contributed by atoms with Gasteiger partial charge in [0.15, 0.2) is 0 Å². The molecule has 0 spiro atoms. The van der Waals surface area contributed by atoms with Crippen molar-refractivity contribution in [3.63, 3.8) is 0 Å². The molecule has 2 aromatic rings. The van der Waals surface area contributed by atoms with Crippen molar-refractivity contribution in [3.8, 4) is 0 Å². The monoisotopic (exact) mass is 307 g/mol. The third-order valence-electron chi connectivity index (χ3n) is 3.28. The number of carbonyl (C=O) groups is 2. The van der Waals surface area contributed by atoms with Crippen molar-refractivity contribution in [1.82, 2.24) is 14.9 Å². The Morgan fingerprint density at radius 2 is 2.05 bits per heavy atom. The molecule has 2 N–H and O–H groups in total. The molecule has 0 aliphatic carbocycles. The molecule has 0 atom stereocenters. The van der Waals surface area contributed by atoms with Gasteiger partial charge in [-0.05, 0) is 26.3 Å². The summed E-state index contributed by atoms with van der Waals surface area (Å²) in [4.78, 5) is 32.3. The van der Waals surface area contributed by atoms with Crippen LogP contribution in [0.3, 0.4) is 0 Å². The molecule has 7 heteroatoms. The van der Waals surface area contributed by atoms with Crippen molar-refractivity contribution in [2.24, 2.45) is 0 Å². The van der Waals surface area contributed by atoms with E-state index in [0.29, 0.717) is 23.4 Å². The number of rotatable bonds is 4. The molecule has 1 amide bonds. The lowest BCUT2D eigenvalue weighted by molar-refractivity contribution is 0.0690. The molecule has 0 fully saturated rings. The topological polar surface area (TPSA) is 86.3 Å². The molecule has 0 aliphatic rings. The van der Waals surface area contributed by atoms with Gasteiger partial charge >= 0.3 is 5.97 Å². The Labute approximate surface area is 126 Å². The standard InChI is InChI=1S/C14H17N3O3S/c1-7-11(8(2)15-12(7)14(19)20)13(18)17(4)5-10-6-21-9(3)16-10/h6,15H,5H2,1-4H3,(H,19,20). The van der Waals surface area contributed by atoms with E-state index in [1.54, 1.807) is 25.8 Å². The zero-order valence-electron chi connectivity index (χ0n) is 12.4. The van der Waals surface area contributed by atoms with E-state index in [9.17, 15) is 9.59 Å². The van der Waals surface area contributed by atoms with Crippen LogP contribution in [0.2, 0.25) is 0 Å². The molecule has 0 bridgehead atoms. The van der Waals surface area contributed by atoms with Crippen molar-refractivity contribution in [2.75, 3.05) is 7.05 Å². The lowest BCUT2D eigenvalue weighted by atomic mass is 10.1. The number of hydrogen-bond acceptors (Lipinski definition) is 4. The first-order valence-electron chi connectivity index (χ1n) is 6.40. The Bertz CT molecular complexity index is 702. The van der Waals surface area contributed by atoms with Crippen molar-refractivity contribution >= 4 is 23.2 Å². The fourth-order valence-electron chi connectivity index (χ4n) is 2.27. The SMILES string of the molecule is Cc1nc(CN(C)C(=O)c2c(C)[nH]c(C(=O)O)c2C)cs1. The summed E-state index contributed by atoms with van der Waals surface area (Å²) in [6.45, 7) is 5.65. The molecule has 0 saturated heterocycles. The van der Waals surface area contributed by atoms with Crippen molar-refractivity contribution in [1.29, 1.82) is 0 Å². The number of aryl methyl sites for hydroxylation is 2. The van der Waals surface area contributed by atoms with Crippen LogP contribution >= 0.6 is 11.3 Å². The molecule has 0 radical (unpaired) electrons. The zero-order chi connectivity index (χ0) is 15.7.